The van der Waals surface area contributed by atoms with E-state index in [9.17, 15) is 4.79 Å². The van der Waals surface area contributed by atoms with E-state index in [1.54, 1.807) is 0 Å². The Morgan fingerprint density at radius 1 is 1.46 bits per heavy atom. The van der Waals surface area contributed by atoms with E-state index in [0.717, 1.165) is 38.8 Å². The van der Waals surface area contributed by atoms with Gasteiger partial charge in [-0.2, -0.15) is 0 Å². The third kappa shape index (κ3) is 3.95. The Balaban J connectivity index is 1.56. The van der Waals surface area contributed by atoms with Crippen molar-refractivity contribution in [3.8, 4) is 0 Å². The summed E-state index contributed by atoms with van der Waals surface area (Å²) in [5.74, 6) is 0.765. The predicted octanol–water partition coefficient (Wildman–Crippen LogP) is 2.40. The highest BCUT2D eigenvalue weighted by atomic mass is 16.5. The molecule has 0 saturated carbocycles. The van der Waals surface area contributed by atoms with Crippen LogP contribution in [0.2, 0.25) is 0 Å². The fraction of sp³-hybridized carbons (Fsp3) is 0.684. The first kappa shape index (κ1) is 17.4. The van der Waals surface area contributed by atoms with Crippen molar-refractivity contribution in [3.63, 3.8) is 0 Å². The molecule has 0 radical (unpaired) electrons. The largest absolute Gasteiger partial charge is 0.378 e. The highest BCUT2D eigenvalue weighted by Crippen LogP contribution is 2.35. The molecule has 2 aliphatic rings. The first-order valence-corrected chi connectivity index (χ1v) is 9.18. The van der Waals surface area contributed by atoms with Crippen LogP contribution in [0.25, 0.3) is 0 Å². The van der Waals surface area contributed by atoms with Crippen LogP contribution in [0.3, 0.4) is 0 Å². The molecule has 0 spiro atoms. The van der Waals surface area contributed by atoms with Gasteiger partial charge >= 0.3 is 0 Å². The molecule has 2 saturated heterocycles. The average molecular weight is 331 g/mol. The molecule has 2 aliphatic heterocycles. The van der Waals surface area contributed by atoms with Gasteiger partial charge < -0.3 is 10.1 Å². The highest BCUT2D eigenvalue weighted by molar-refractivity contribution is 5.78. The predicted molar refractivity (Wildman–Crippen MR) is 93.5 cm³/mol. The van der Waals surface area contributed by atoms with Gasteiger partial charge in [-0.1, -0.05) is 13.0 Å². The maximum atomic E-state index is 12.5. The third-order valence-electron chi connectivity index (χ3n) is 5.53. The number of ether oxygens (including phenoxy) is 1. The van der Waals surface area contributed by atoms with Crippen molar-refractivity contribution in [3.05, 3.63) is 30.1 Å². The van der Waals surface area contributed by atoms with E-state index >= 15 is 0 Å². The van der Waals surface area contributed by atoms with E-state index in [-0.39, 0.29) is 17.9 Å². The highest BCUT2D eigenvalue weighted by Gasteiger charge is 2.34. The molecular weight excluding hydrogens is 302 g/mol. The van der Waals surface area contributed by atoms with Crippen LogP contribution in [0.5, 0.6) is 0 Å². The molecule has 24 heavy (non-hydrogen) atoms. The Bertz CT molecular complexity index is 537. The minimum Gasteiger partial charge on any atom is -0.378 e. The number of amides is 1. The summed E-state index contributed by atoms with van der Waals surface area (Å²) in [5, 5.41) is 3.22. The van der Waals surface area contributed by atoms with Crippen LogP contribution < -0.4 is 5.32 Å². The van der Waals surface area contributed by atoms with Crippen molar-refractivity contribution in [2.75, 3.05) is 26.7 Å². The van der Waals surface area contributed by atoms with Gasteiger partial charge in [-0.3, -0.25) is 14.7 Å². The maximum absolute atomic E-state index is 12.5. The minimum atomic E-state index is 0.111. The molecule has 1 amide bonds. The molecular formula is C19H29N3O2. The summed E-state index contributed by atoms with van der Waals surface area (Å²) in [6.07, 6.45) is 7.81. The van der Waals surface area contributed by atoms with E-state index in [1.165, 1.54) is 5.56 Å². The SMILES string of the molecule is CC[C@H]1C[C@@H](C(=O)NC[C@@H]2CCN(C)[C@H]2c2cccnc2)CCO1. The Kier molecular flexibility index (Phi) is 5.85. The fourth-order valence-electron chi connectivity index (χ4n) is 4.10. The number of pyridine rings is 1. The summed E-state index contributed by atoms with van der Waals surface area (Å²) in [4.78, 5) is 19.2. The van der Waals surface area contributed by atoms with Crippen molar-refractivity contribution < 1.29 is 9.53 Å². The summed E-state index contributed by atoms with van der Waals surface area (Å²) in [6.45, 7) is 4.64. The van der Waals surface area contributed by atoms with E-state index < -0.39 is 0 Å². The molecule has 0 unspecified atom stereocenters. The van der Waals surface area contributed by atoms with Crippen LogP contribution in [0, 0.1) is 11.8 Å². The quantitative estimate of drug-likeness (QED) is 0.900. The zero-order valence-corrected chi connectivity index (χ0v) is 14.8. The van der Waals surface area contributed by atoms with Crippen LogP contribution in [0.1, 0.15) is 44.2 Å². The Morgan fingerprint density at radius 3 is 3.08 bits per heavy atom. The van der Waals surface area contributed by atoms with Crippen LogP contribution >= 0.6 is 0 Å². The van der Waals surface area contributed by atoms with Gasteiger partial charge in [0.15, 0.2) is 0 Å². The molecule has 1 aromatic heterocycles. The number of nitrogens with zero attached hydrogens (tertiary/aromatic N) is 2. The van der Waals surface area contributed by atoms with Crippen LogP contribution in [-0.2, 0) is 9.53 Å². The zero-order valence-electron chi connectivity index (χ0n) is 14.8. The summed E-state index contributed by atoms with van der Waals surface area (Å²) in [7, 11) is 2.16. The van der Waals surface area contributed by atoms with Gasteiger partial charge in [-0.05, 0) is 56.8 Å². The number of likely N-dealkylation sites (tertiary alicyclic amines) is 1. The van der Waals surface area contributed by atoms with Gasteiger partial charge in [-0.15, -0.1) is 0 Å². The molecule has 3 rings (SSSR count). The number of carbonyl (C=O) groups excluding carboxylic acids is 1. The number of carbonyl (C=O) groups is 1. The minimum absolute atomic E-state index is 0.111. The average Bonchev–Trinajstić information content (AvgIpc) is 3.01. The first-order chi connectivity index (χ1) is 11.7. The standard InChI is InChI=1S/C19H29N3O2/c1-3-17-11-14(7-10-24-17)19(23)21-13-16-6-9-22(2)18(16)15-5-4-8-20-12-15/h4-5,8,12,14,16-18H,3,6-7,9-11,13H2,1-2H3,(H,21,23)/t14-,16-,17-,18-/m0/s1. The lowest BCUT2D eigenvalue weighted by Crippen LogP contribution is -2.40. The lowest BCUT2D eigenvalue weighted by molar-refractivity contribution is -0.130. The molecule has 0 aromatic carbocycles. The summed E-state index contributed by atoms with van der Waals surface area (Å²) < 4.78 is 5.68. The van der Waals surface area contributed by atoms with Crippen molar-refractivity contribution in [2.45, 2.75) is 44.8 Å². The molecule has 5 nitrogen and oxygen atoms in total. The normalized spacial score (nSPS) is 31.1. The number of nitrogens with one attached hydrogen (secondary N) is 1. The Labute approximate surface area is 144 Å². The molecule has 2 fully saturated rings. The van der Waals surface area contributed by atoms with Crippen LogP contribution in [0.15, 0.2) is 24.5 Å². The fourth-order valence-corrected chi connectivity index (χ4v) is 4.10. The van der Waals surface area contributed by atoms with Gasteiger partial charge in [-0.25, -0.2) is 0 Å². The van der Waals surface area contributed by atoms with E-state index in [4.69, 9.17) is 4.74 Å². The lowest BCUT2D eigenvalue weighted by atomic mass is 9.92. The second kappa shape index (κ2) is 8.08. The van der Waals surface area contributed by atoms with Crippen molar-refractivity contribution in [2.24, 2.45) is 11.8 Å². The van der Waals surface area contributed by atoms with Crippen molar-refractivity contribution in [1.82, 2.24) is 15.2 Å². The molecule has 132 valence electrons. The van der Waals surface area contributed by atoms with Crippen molar-refractivity contribution in [1.29, 1.82) is 0 Å². The van der Waals surface area contributed by atoms with E-state index in [2.05, 4.69) is 35.2 Å². The Morgan fingerprint density at radius 2 is 2.33 bits per heavy atom. The molecule has 0 bridgehead atoms. The number of rotatable bonds is 5. The monoisotopic (exact) mass is 331 g/mol. The second-order valence-corrected chi connectivity index (χ2v) is 7.13. The summed E-state index contributed by atoms with van der Waals surface area (Å²) in [6, 6.07) is 4.47. The van der Waals surface area contributed by atoms with Crippen molar-refractivity contribution >= 4 is 5.91 Å². The molecule has 0 aliphatic carbocycles. The summed E-state index contributed by atoms with van der Waals surface area (Å²) in [5.41, 5.74) is 1.24. The van der Waals surface area contributed by atoms with Crippen LogP contribution in [-0.4, -0.2) is 48.6 Å². The smallest absolute Gasteiger partial charge is 0.223 e. The van der Waals surface area contributed by atoms with Gasteiger partial charge in [0.05, 0.1) is 6.10 Å². The molecule has 1 N–H and O–H groups in total. The van der Waals surface area contributed by atoms with Crippen LogP contribution in [0.4, 0.5) is 0 Å². The Hall–Kier alpha value is -1.46. The van der Waals surface area contributed by atoms with Gasteiger partial charge in [0.25, 0.3) is 0 Å². The van der Waals surface area contributed by atoms with Gasteiger partial charge in [0, 0.05) is 37.5 Å². The molecule has 4 atom stereocenters. The third-order valence-corrected chi connectivity index (χ3v) is 5.53. The number of aromatic nitrogens is 1. The number of hydrogen-bond acceptors (Lipinski definition) is 4. The molecule has 3 heterocycles. The first-order valence-electron chi connectivity index (χ1n) is 9.18. The maximum Gasteiger partial charge on any atom is 0.223 e. The van der Waals surface area contributed by atoms with Gasteiger partial charge in [0.1, 0.15) is 0 Å². The van der Waals surface area contributed by atoms with Gasteiger partial charge in [0.2, 0.25) is 5.91 Å². The van der Waals surface area contributed by atoms with E-state index in [1.807, 2.05) is 18.5 Å². The topological polar surface area (TPSA) is 54.5 Å². The molecule has 5 heteroatoms. The summed E-state index contributed by atoms with van der Waals surface area (Å²) >= 11 is 0. The second-order valence-electron chi connectivity index (χ2n) is 7.13. The lowest BCUT2D eigenvalue weighted by Gasteiger charge is -2.29. The van der Waals surface area contributed by atoms with E-state index in [0.29, 0.717) is 18.6 Å². The molecule has 1 aromatic rings. The number of hydrogen-bond donors (Lipinski definition) is 1. The zero-order chi connectivity index (χ0) is 16.9.